The molecule has 160 valence electrons. The van der Waals surface area contributed by atoms with Crippen LogP contribution < -0.4 is 5.32 Å². The lowest BCUT2D eigenvalue weighted by Crippen LogP contribution is -2.44. The molecule has 3 aromatic rings. The number of thiocarbonyl (C=S) groups is 1. The highest BCUT2D eigenvalue weighted by atomic mass is 32.1. The molecule has 2 aromatic carbocycles. The lowest BCUT2D eigenvalue weighted by Gasteiger charge is -2.39. The topological polar surface area (TPSA) is 63.3 Å². The van der Waals surface area contributed by atoms with Crippen molar-refractivity contribution in [1.29, 1.82) is 0 Å². The van der Waals surface area contributed by atoms with E-state index in [4.69, 9.17) is 12.2 Å². The van der Waals surface area contributed by atoms with Crippen molar-refractivity contribution in [2.75, 3.05) is 11.9 Å². The Morgan fingerprint density at radius 3 is 2.35 bits per heavy atom. The van der Waals surface area contributed by atoms with Crippen LogP contribution in [-0.2, 0) is 19.4 Å². The number of non-ortho nitro benzene ring substituents is 1. The number of anilines is 1. The largest absolute Gasteiger partial charge is 0.348 e. The van der Waals surface area contributed by atoms with Crippen molar-refractivity contribution in [3.8, 4) is 0 Å². The molecule has 7 heteroatoms. The fourth-order valence-corrected chi connectivity index (χ4v) is 4.61. The van der Waals surface area contributed by atoms with Crippen molar-refractivity contribution < 1.29 is 4.92 Å². The number of nitrogens with one attached hydrogen (secondary N) is 1. The minimum absolute atomic E-state index is 0.0895. The summed E-state index contributed by atoms with van der Waals surface area (Å²) in [4.78, 5) is 12.9. The molecule has 0 saturated heterocycles. The highest BCUT2D eigenvalue weighted by Crippen LogP contribution is 2.34. The number of nitrogens with zero attached hydrogens (tertiary/aromatic N) is 3. The van der Waals surface area contributed by atoms with Crippen molar-refractivity contribution in [3.05, 3.63) is 93.3 Å². The average molecular weight is 435 g/mol. The molecule has 0 amide bonds. The predicted octanol–water partition coefficient (Wildman–Crippen LogP) is 5.32. The van der Waals surface area contributed by atoms with Crippen LogP contribution in [0.1, 0.15) is 42.3 Å². The zero-order valence-electron chi connectivity index (χ0n) is 17.7. The van der Waals surface area contributed by atoms with Gasteiger partial charge < -0.3 is 14.8 Å². The lowest BCUT2D eigenvalue weighted by atomic mass is 9.99. The van der Waals surface area contributed by atoms with Gasteiger partial charge in [-0.15, -0.1) is 0 Å². The maximum Gasteiger partial charge on any atom is 0.269 e. The summed E-state index contributed by atoms with van der Waals surface area (Å²) in [5.41, 5.74) is 5.79. The summed E-state index contributed by atoms with van der Waals surface area (Å²) in [6.45, 7) is 5.89. The molecule has 1 N–H and O–H groups in total. The Kier molecular flexibility index (Phi) is 6.04. The highest BCUT2D eigenvalue weighted by Gasteiger charge is 2.31. The van der Waals surface area contributed by atoms with Crippen LogP contribution in [0.15, 0.2) is 60.8 Å². The van der Waals surface area contributed by atoms with Gasteiger partial charge in [-0.1, -0.05) is 32.0 Å². The fourth-order valence-electron chi connectivity index (χ4n) is 4.31. The molecular formula is C24H26N4O2S. The van der Waals surface area contributed by atoms with E-state index in [-0.39, 0.29) is 16.7 Å². The van der Waals surface area contributed by atoms with Gasteiger partial charge in [0, 0.05) is 42.8 Å². The minimum Gasteiger partial charge on any atom is -0.348 e. The third-order valence-electron chi connectivity index (χ3n) is 5.95. The number of aryl methyl sites for hydroxylation is 2. The summed E-state index contributed by atoms with van der Waals surface area (Å²) in [5.74, 6) is 0. The number of nitro benzene ring substituents is 1. The second-order valence-corrected chi connectivity index (χ2v) is 8.05. The molecule has 1 aromatic heterocycles. The summed E-state index contributed by atoms with van der Waals surface area (Å²) in [6.07, 6.45) is 3.92. The molecule has 31 heavy (non-hydrogen) atoms. The van der Waals surface area contributed by atoms with E-state index in [0.717, 1.165) is 42.9 Å². The molecule has 0 saturated carbocycles. The summed E-state index contributed by atoms with van der Waals surface area (Å²) in [5, 5.41) is 15.3. The van der Waals surface area contributed by atoms with Crippen molar-refractivity contribution >= 4 is 28.7 Å². The van der Waals surface area contributed by atoms with Crippen LogP contribution in [0, 0.1) is 10.1 Å². The van der Waals surface area contributed by atoms with Gasteiger partial charge >= 0.3 is 0 Å². The third-order valence-corrected chi connectivity index (χ3v) is 6.29. The fraction of sp³-hybridized carbons (Fsp3) is 0.292. The second kappa shape index (κ2) is 8.89. The maximum absolute atomic E-state index is 11.1. The zero-order chi connectivity index (χ0) is 22.0. The molecule has 1 aliphatic rings. The van der Waals surface area contributed by atoms with Gasteiger partial charge in [0.2, 0.25) is 0 Å². The standard InChI is InChI=1S/C24H26N4O2S/c1-3-17-7-5-8-18(4-2)22(17)25-24(31)27-16-15-26-14-6-9-21(26)23(27)19-10-12-20(13-11-19)28(29)30/h5-14,23H,3-4,15-16H2,1-2H3,(H,25,31). The van der Waals surface area contributed by atoms with Gasteiger partial charge in [0.15, 0.2) is 5.11 Å². The number of fused-ring (bicyclic) bond motifs is 1. The summed E-state index contributed by atoms with van der Waals surface area (Å²) < 4.78 is 2.22. The van der Waals surface area contributed by atoms with E-state index in [0.29, 0.717) is 5.11 Å². The first-order chi connectivity index (χ1) is 15.0. The third kappa shape index (κ3) is 4.05. The van der Waals surface area contributed by atoms with E-state index < -0.39 is 0 Å². The molecular weight excluding hydrogens is 408 g/mol. The first kappa shape index (κ1) is 21.1. The maximum atomic E-state index is 11.1. The number of nitro groups is 1. The van der Waals surface area contributed by atoms with E-state index >= 15 is 0 Å². The summed E-state index contributed by atoms with van der Waals surface area (Å²) >= 11 is 5.92. The Morgan fingerprint density at radius 2 is 1.74 bits per heavy atom. The average Bonchev–Trinajstić information content (AvgIpc) is 3.27. The molecule has 1 atom stereocenters. The monoisotopic (exact) mass is 434 g/mol. The number of hydrogen-bond acceptors (Lipinski definition) is 3. The van der Waals surface area contributed by atoms with Crippen LogP contribution >= 0.6 is 12.2 Å². The van der Waals surface area contributed by atoms with Gasteiger partial charge in [-0.05, 0) is 66.0 Å². The van der Waals surface area contributed by atoms with E-state index in [1.165, 1.54) is 11.1 Å². The minimum atomic E-state index is -0.370. The first-order valence-electron chi connectivity index (χ1n) is 10.6. The van der Waals surface area contributed by atoms with Gasteiger partial charge in [-0.25, -0.2) is 0 Å². The molecule has 0 bridgehead atoms. The van der Waals surface area contributed by atoms with Gasteiger partial charge in [0.25, 0.3) is 5.69 Å². The number of rotatable bonds is 5. The van der Waals surface area contributed by atoms with Crippen molar-refractivity contribution in [1.82, 2.24) is 9.47 Å². The molecule has 0 radical (unpaired) electrons. The lowest BCUT2D eigenvalue weighted by molar-refractivity contribution is -0.384. The molecule has 0 fully saturated rings. The molecule has 6 nitrogen and oxygen atoms in total. The second-order valence-electron chi connectivity index (χ2n) is 7.66. The highest BCUT2D eigenvalue weighted by molar-refractivity contribution is 7.80. The van der Waals surface area contributed by atoms with Crippen molar-refractivity contribution in [2.24, 2.45) is 0 Å². The van der Waals surface area contributed by atoms with Crippen molar-refractivity contribution in [2.45, 2.75) is 39.3 Å². The Bertz CT molecular complexity index is 1080. The molecule has 0 spiro atoms. The number of benzene rings is 2. The SMILES string of the molecule is CCc1cccc(CC)c1NC(=S)N1CCn2cccc2C1c1ccc([N+](=O)[O-])cc1. The van der Waals surface area contributed by atoms with Gasteiger partial charge in [0.1, 0.15) is 0 Å². The van der Waals surface area contributed by atoms with Gasteiger partial charge in [-0.2, -0.15) is 0 Å². The van der Waals surface area contributed by atoms with E-state index in [1.807, 2.05) is 18.2 Å². The van der Waals surface area contributed by atoms with Crippen molar-refractivity contribution in [3.63, 3.8) is 0 Å². The number of aromatic nitrogens is 1. The number of hydrogen-bond donors (Lipinski definition) is 1. The summed E-state index contributed by atoms with van der Waals surface area (Å²) in [7, 11) is 0. The summed E-state index contributed by atoms with van der Waals surface area (Å²) in [6, 6.07) is 17.2. The Labute approximate surface area is 187 Å². The van der Waals surface area contributed by atoms with Gasteiger partial charge in [-0.3, -0.25) is 10.1 Å². The van der Waals surface area contributed by atoms with Crippen LogP contribution in [0.25, 0.3) is 0 Å². The quantitative estimate of drug-likeness (QED) is 0.334. The van der Waals surface area contributed by atoms with Crippen LogP contribution in [-0.4, -0.2) is 26.0 Å². The van der Waals surface area contributed by atoms with Crippen LogP contribution in [0.3, 0.4) is 0 Å². The van der Waals surface area contributed by atoms with Crippen LogP contribution in [0.2, 0.25) is 0 Å². The Balaban J connectivity index is 1.70. The smallest absolute Gasteiger partial charge is 0.269 e. The first-order valence-corrected chi connectivity index (χ1v) is 11.0. The van der Waals surface area contributed by atoms with E-state index in [1.54, 1.807) is 12.1 Å². The van der Waals surface area contributed by atoms with Gasteiger partial charge in [0.05, 0.1) is 11.0 Å². The zero-order valence-corrected chi connectivity index (χ0v) is 18.6. The number of para-hydroxylation sites is 1. The normalized spacial score (nSPS) is 15.4. The predicted molar refractivity (Wildman–Crippen MR) is 127 cm³/mol. The molecule has 1 aliphatic heterocycles. The molecule has 1 unspecified atom stereocenters. The van der Waals surface area contributed by atoms with Crippen LogP contribution in [0.4, 0.5) is 11.4 Å². The van der Waals surface area contributed by atoms with Crippen LogP contribution in [0.5, 0.6) is 0 Å². The molecule has 0 aliphatic carbocycles. The Hall–Kier alpha value is -3.19. The van der Waals surface area contributed by atoms with E-state index in [2.05, 4.69) is 59.1 Å². The molecule has 2 heterocycles. The Morgan fingerprint density at radius 1 is 1.06 bits per heavy atom. The molecule has 4 rings (SSSR count). The van der Waals surface area contributed by atoms with E-state index in [9.17, 15) is 10.1 Å².